The highest BCUT2D eigenvalue weighted by molar-refractivity contribution is 7.89. The molecule has 1 aromatic heterocycles. The van der Waals surface area contributed by atoms with E-state index in [1.807, 2.05) is 20.8 Å². The number of carboxylic acid groups (broad SMARTS) is 1. The molecule has 0 saturated heterocycles. The van der Waals surface area contributed by atoms with Gasteiger partial charge in [-0.2, -0.15) is 0 Å². The van der Waals surface area contributed by atoms with Crippen molar-refractivity contribution in [1.82, 2.24) is 4.72 Å². The van der Waals surface area contributed by atoms with Crippen LogP contribution in [0.15, 0.2) is 11.0 Å². The fourth-order valence-electron chi connectivity index (χ4n) is 2.14. The summed E-state index contributed by atoms with van der Waals surface area (Å²) in [6.45, 7) is 7.45. The van der Waals surface area contributed by atoms with Crippen LogP contribution in [0, 0.1) is 6.92 Å². The van der Waals surface area contributed by atoms with E-state index < -0.39 is 21.5 Å². The predicted octanol–water partition coefficient (Wildman–Crippen LogP) is 3.00. The van der Waals surface area contributed by atoms with Crippen LogP contribution < -0.4 is 4.72 Å². The summed E-state index contributed by atoms with van der Waals surface area (Å²) in [5, 5.41) is 8.95. The van der Waals surface area contributed by atoms with Crippen LogP contribution in [0.4, 0.5) is 0 Å². The average Bonchev–Trinajstić information content (AvgIpc) is 2.79. The van der Waals surface area contributed by atoms with E-state index >= 15 is 0 Å². The Morgan fingerprint density at radius 3 is 2.15 bits per heavy atom. The molecule has 0 aliphatic rings. The quantitative estimate of drug-likeness (QED) is 0.809. The molecular weight excluding hydrogens is 298 g/mol. The van der Waals surface area contributed by atoms with Crippen LogP contribution in [0.2, 0.25) is 0 Å². The van der Waals surface area contributed by atoms with Crippen LogP contribution in [0.1, 0.15) is 54.6 Å². The highest BCUT2D eigenvalue weighted by atomic mass is 32.2. The fraction of sp³-hybridized carbons (Fsp3) is 0.615. The van der Waals surface area contributed by atoms with Gasteiger partial charge in [0.2, 0.25) is 10.0 Å². The second-order valence-corrected chi connectivity index (χ2v) is 7.69. The minimum absolute atomic E-state index is 0.0398. The van der Waals surface area contributed by atoms with Gasteiger partial charge in [0, 0.05) is 10.4 Å². The van der Waals surface area contributed by atoms with E-state index in [1.165, 1.54) is 6.07 Å². The number of carboxylic acids is 1. The lowest BCUT2D eigenvalue weighted by molar-refractivity contribution is 0.0702. The van der Waals surface area contributed by atoms with Gasteiger partial charge in [-0.3, -0.25) is 0 Å². The van der Waals surface area contributed by atoms with Crippen LogP contribution in [-0.4, -0.2) is 25.0 Å². The highest BCUT2D eigenvalue weighted by Gasteiger charge is 2.32. The van der Waals surface area contributed by atoms with Crippen molar-refractivity contribution in [2.24, 2.45) is 0 Å². The first-order valence-corrected chi connectivity index (χ1v) is 8.89. The monoisotopic (exact) mass is 319 g/mol. The number of carbonyl (C=O) groups is 1. The fourth-order valence-corrected chi connectivity index (χ4v) is 5.19. The van der Waals surface area contributed by atoms with E-state index in [0.29, 0.717) is 24.1 Å². The molecule has 7 heteroatoms. The van der Waals surface area contributed by atoms with Crippen molar-refractivity contribution in [1.29, 1.82) is 0 Å². The number of aryl methyl sites for hydroxylation is 1. The maximum absolute atomic E-state index is 12.5. The molecular formula is C13H21NO4S2. The SMILES string of the molecule is CCC(CC)(CC)NS(=O)(=O)c1cc(C(=O)O)sc1C. The van der Waals surface area contributed by atoms with Gasteiger partial charge in [-0.25, -0.2) is 17.9 Å². The Bertz CT molecular complexity index is 577. The summed E-state index contributed by atoms with van der Waals surface area (Å²) in [4.78, 5) is 11.5. The molecule has 5 nitrogen and oxygen atoms in total. The maximum atomic E-state index is 12.5. The normalized spacial score (nSPS) is 12.6. The molecule has 114 valence electrons. The molecule has 0 spiro atoms. The molecule has 2 N–H and O–H groups in total. The van der Waals surface area contributed by atoms with Crippen LogP contribution in [0.5, 0.6) is 0 Å². The lowest BCUT2D eigenvalue weighted by Gasteiger charge is -2.31. The maximum Gasteiger partial charge on any atom is 0.345 e. The first-order chi connectivity index (χ1) is 9.21. The van der Waals surface area contributed by atoms with E-state index in [2.05, 4.69) is 4.72 Å². The number of nitrogens with one attached hydrogen (secondary N) is 1. The second-order valence-electron chi connectivity index (χ2n) is 4.78. The van der Waals surface area contributed by atoms with Crippen LogP contribution >= 0.6 is 11.3 Å². The van der Waals surface area contributed by atoms with Gasteiger partial charge in [-0.05, 0) is 32.3 Å². The van der Waals surface area contributed by atoms with Gasteiger partial charge >= 0.3 is 5.97 Å². The molecule has 1 rings (SSSR count). The van der Waals surface area contributed by atoms with Gasteiger partial charge in [0.15, 0.2) is 0 Å². The summed E-state index contributed by atoms with van der Waals surface area (Å²) >= 11 is 0.979. The van der Waals surface area contributed by atoms with E-state index in [9.17, 15) is 13.2 Å². The Kier molecular flexibility index (Phi) is 5.34. The van der Waals surface area contributed by atoms with Crippen LogP contribution in [0.3, 0.4) is 0 Å². The zero-order valence-corrected chi connectivity index (χ0v) is 13.8. The molecule has 0 saturated carbocycles. The predicted molar refractivity (Wildman–Crippen MR) is 79.9 cm³/mol. The van der Waals surface area contributed by atoms with Crippen molar-refractivity contribution in [3.63, 3.8) is 0 Å². The van der Waals surface area contributed by atoms with Gasteiger partial charge < -0.3 is 5.11 Å². The van der Waals surface area contributed by atoms with Crippen molar-refractivity contribution in [3.05, 3.63) is 15.8 Å². The standard InChI is InChI=1S/C13H21NO4S2/c1-5-13(6-2,7-3)14-20(17,18)11-8-10(12(15)16)19-9(11)4/h8,14H,5-7H2,1-4H3,(H,15,16). The molecule has 0 amide bonds. The third-order valence-electron chi connectivity index (χ3n) is 3.75. The number of aromatic carboxylic acids is 1. The summed E-state index contributed by atoms with van der Waals surface area (Å²) in [5.74, 6) is -1.10. The van der Waals surface area contributed by atoms with Crippen molar-refractivity contribution in [3.8, 4) is 0 Å². The average molecular weight is 319 g/mol. The van der Waals surface area contributed by atoms with Gasteiger partial charge in [0.25, 0.3) is 0 Å². The summed E-state index contributed by atoms with van der Waals surface area (Å²) in [6.07, 6.45) is 2.07. The van der Waals surface area contributed by atoms with Crippen molar-refractivity contribution in [2.45, 2.75) is 57.4 Å². The summed E-state index contributed by atoms with van der Waals surface area (Å²) in [6, 6.07) is 1.23. The van der Waals surface area contributed by atoms with Crippen LogP contribution in [-0.2, 0) is 10.0 Å². The first-order valence-electron chi connectivity index (χ1n) is 6.59. The Morgan fingerprint density at radius 2 is 1.80 bits per heavy atom. The second kappa shape index (κ2) is 6.24. The van der Waals surface area contributed by atoms with Crippen molar-refractivity contribution < 1.29 is 18.3 Å². The Hall–Kier alpha value is -0.920. The Balaban J connectivity index is 3.20. The molecule has 20 heavy (non-hydrogen) atoms. The third kappa shape index (κ3) is 3.39. The largest absolute Gasteiger partial charge is 0.477 e. The minimum atomic E-state index is -3.70. The molecule has 0 bridgehead atoms. The highest BCUT2D eigenvalue weighted by Crippen LogP contribution is 2.29. The molecule has 1 heterocycles. The first kappa shape index (κ1) is 17.1. The Morgan fingerprint density at radius 1 is 1.30 bits per heavy atom. The van der Waals surface area contributed by atoms with Crippen molar-refractivity contribution in [2.75, 3.05) is 0 Å². The zero-order valence-electron chi connectivity index (χ0n) is 12.2. The van der Waals surface area contributed by atoms with E-state index in [0.717, 1.165) is 11.3 Å². The lowest BCUT2D eigenvalue weighted by atomic mass is 9.91. The molecule has 0 aliphatic carbocycles. The van der Waals surface area contributed by atoms with Gasteiger partial charge in [0.05, 0.1) is 4.90 Å². The smallest absolute Gasteiger partial charge is 0.345 e. The molecule has 1 aromatic rings. The molecule has 0 aromatic carbocycles. The lowest BCUT2D eigenvalue weighted by Crippen LogP contribution is -2.47. The number of rotatable bonds is 7. The topological polar surface area (TPSA) is 83.5 Å². The van der Waals surface area contributed by atoms with E-state index in [-0.39, 0.29) is 9.77 Å². The molecule has 0 fully saturated rings. The summed E-state index contributed by atoms with van der Waals surface area (Å²) < 4.78 is 27.7. The van der Waals surface area contributed by atoms with Gasteiger partial charge in [-0.15, -0.1) is 11.3 Å². The summed E-state index contributed by atoms with van der Waals surface area (Å²) in [5.41, 5.74) is -0.476. The molecule has 0 aliphatic heterocycles. The number of hydrogen-bond donors (Lipinski definition) is 2. The molecule has 0 unspecified atom stereocenters. The third-order valence-corrected chi connectivity index (χ3v) is 6.63. The Labute approximate surface area is 124 Å². The molecule has 0 atom stereocenters. The number of sulfonamides is 1. The summed E-state index contributed by atoms with van der Waals surface area (Å²) in [7, 11) is -3.70. The minimum Gasteiger partial charge on any atom is -0.477 e. The molecule has 0 radical (unpaired) electrons. The van der Waals surface area contributed by atoms with Gasteiger partial charge in [-0.1, -0.05) is 20.8 Å². The zero-order chi connectivity index (χ0) is 15.6. The van der Waals surface area contributed by atoms with Gasteiger partial charge in [0.1, 0.15) is 4.88 Å². The van der Waals surface area contributed by atoms with Crippen LogP contribution in [0.25, 0.3) is 0 Å². The number of thiophene rings is 1. The van der Waals surface area contributed by atoms with Crippen molar-refractivity contribution >= 4 is 27.3 Å². The number of hydrogen-bond acceptors (Lipinski definition) is 4. The van der Waals surface area contributed by atoms with E-state index in [4.69, 9.17) is 5.11 Å². The van der Waals surface area contributed by atoms with E-state index in [1.54, 1.807) is 6.92 Å².